The lowest BCUT2D eigenvalue weighted by Crippen LogP contribution is -2.23. The molecule has 92 valence electrons. The number of rotatable bonds is 3. The van der Waals surface area contributed by atoms with Gasteiger partial charge in [0.25, 0.3) is 5.91 Å². The van der Waals surface area contributed by atoms with E-state index in [1.54, 1.807) is 0 Å². The van der Waals surface area contributed by atoms with Crippen molar-refractivity contribution in [1.29, 1.82) is 0 Å². The van der Waals surface area contributed by atoms with Gasteiger partial charge in [-0.3, -0.25) is 4.79 Å². The number of carbonyl (C=O) groups excluding carboxylic acids is 1. The zero-order valence-electron chi connectivity index (χ0n) is 10.3. The van der Waals surface area contributed by atoms with E-state index in [2.05, 4.69) is 28.7 Å². The van der Waals surface area contributed by atoms with E-state index < -0.39 is 5.91 Å². The Labute approximate surface area is 101 Å². The van der Waals surface area contributed by atoms with Gasteiger partial charge in [0.2, 0.25) is 5.95 Å². The molecule has 1 amide bonds. The third-order valence-corrected chi connectivity index (χ3v) is 3.37. The van der Waals surface area contributed by atoms with Gasteiger partial charge in [-0.15, -0.1) is 0 Å². The third kappa shape index (κ3) is 2.54. The molecule has 1 aliphatic rings. The topological polar surface area (TPSA) is 72.1 Å². The van der Waals surface area contributed by atoms with Crippen LogP contribution in [0.2, 0.25) is 0 Å². The van der Waals surface area contributed by atoms with Crippen molar-refractivity contribution in [2.45, 2.75) is 20.3 Å². The van der Waals surface area contributed by atoms with Crippen LogP contribution in [0.1, 0.15) is 30.6 Å². The molecule has 0 radical (unpaired) electrons. The molecule has 1 aromatic heterocycles. The highest BCUT2D eigenvalue weighted by molar-refractivity contribution is 5.92. The summed E-state index contributed by atoms with van der Waals surface area (Å²) in [6.45, 7) is 6.46. The van der Waals surface area contributed by atoms with Gasteiger partial charge in [0.15, 0.2) is 0 Å². The summed E-state index contributed by atoms with van der Waals surface area (Å²) >= 11 is 0. The van der Waals surface area contributed by atoms with Crippen LogP contribution in [0.4, 0.5) is 5.95 Å². The molecule has 0 spiro atoms. The molecule has 17 heavy (non-hydrogen) atoms. The Bertz CT molecular complexity index is 401. The van der Waals surface area contributed by atoms with E-state index in [0.29, 0.717) is 23.3 Å². The summed E-state index contributed by atoms with van der Waals surface area (Å²) in [6.07, 6.45) is 4.17. The molecule has 2 heterocycles. The highest BCUT2D eigenvalue weighted by Gasteiger charge is 2.26. The quantitative estimate of drug-likeness (QED) is 0.848. The maximum atomic E-state index is 10.9. The molecular formula is C12H18N4O. The van der Waals surface area contributed by atoms with Crippen molar-refractivity contribution < 1.29 is 4.79 Å². The second-order valence-corrected chi connectivity index (χ2v) is 4.87. The number of nitrogens with two attached hydrogens (primary N) is 1. The molecule has 1 aromatic rings. The Hall–Kier alpha value is -1.65. The maximum Gasteiger partial charge on any atom is 0.251 e. The lowest BCUT2D eigenvalue weighted by atomic mass is 9.95. The van der Waals surface area contributed by atoms with Gasteiger partial charge in [-0.05, 0) is 18.3 Å². The SMILES string of the molecule is CC(C)[C@H]1CCN(c2ncc(C(N)=O)cn2)C1. The average molecular weight is 234 g/mol. The summed E-state index contributed by atoms with van der Waals surface area (Å²) in [4.78, 5) is 21.4. The largest absolute Gasteiger partial charge is 0.366 e. The second kappa shape index (κ2) is 4.69. The molecule has 2 N–H and O–H groups in total. The normalized spacial score (nSPS) is 19.9. The summed E-state index contributed by atoms with van der Waals surface area (Å²) in [6, 6.07) is 0. The molecule has 1 atom stereocenters. The van der Waals surface area contributed by atoms with Crippen LogP contribution in [0.3, 0.4) is 0 Å². The first-order valence-electron chi connectivity index (χ1n) is 5.94. The standard InChI is InChI=1S/C12H18N4O/c1-8(2)9-3-4-16(7-9)12-14-5-10(6-15-12)11(13)17/h5-6,8-9H,3-4,7H2,1-2H3,(H2,13,17)/t9-/m0/s1. The van der Waals surface area contributed by atoms with Gasteiger partial charge in [0.05, 0.1) is 5.56 Å². The van der Waals surface area contributed by atoms with Gasteiger partial charge in [-0.2, -0.15) is 0 Å². The van der Waals surface area contributed by atoms with Crippen LogP contribution in [0.25, 0.3) is 0 Å². The van der Waals surface area contributed by atoms with Crippen molar-refractivity contribution in [2.75, 3.05) is 18.0 Å². The van der Waals surface area contributed by atoms with Crippen molar-refractivity contribution in [2.24, 2.45) is 17.6 Å². The van der Waals surface area contributed by atoms with E-state index in [4.69, 9.17) is 5.73 Å². The van der Waals surface area contributed by atoms with Gasteiger partial charge in [0, 0.05) is 25.5 Å². The van der Waals surface area contributed by atoms with Crippen LogP contribution >= 0.6 is 0 Å². The molecule has 5 heteroatoms. The number of hydrogen-bond donors (Lipinski definition) is 1. The minimum atomic E-state index is -0.488. The maximum absolute atomic E-state index is 10.9. The lowest BCUT2D eigenvalue weighted by Gasteiger charge is -2.17. The molecule has 0 aliphatic carbocycles. The van der Waals surface area contributed by atoms with Crippen molar-refractivity contribution >= 4 is 11.9 Å². The molecular weight excluding hydrogens is 216 g/mol. The Balaban J connectivity index is 2.06. The number of primary amides is 1. The molecule has 1 fully saturated rings. The first-order valence-corrected chi connectivity index (χ1v) is 5.94. The van der Waals surface area contributed by atoms with Crippen molar-refractivity contribution in [3.8, 4) is 0 Å². The van der Waals surface area contributed by atoms with Gasteiger partial charge < -0.3 is 10.6 Å². The smallest absolute Gasteiger partial charge is 0.251 e. The minimum Gasteiger partial charge on any atom is -0.366 e. The van der Waals surface area contributed by atoms with Crippen LogP contribution in [-0.4, -0.2) is 29.0 Å². The molecule has 1 aliphatic heterocycles. The van der Waals surface area contributed by atoms with E-state index >= 15 is 0 Å². The summed E-state index contributed by atoms with van der Waals surface area (Å²) in [5, 5.41) is 0. The summed E-state index contributed by atoms with van der Waals surface area (Å²) in [7, 11) is 0. The minimum absolute atomic E-state index is 0.355. The van der Waals surface area contributed by atoms with Gasteiger partial charge >= 0.3 is 0 Å². The van der Waals surface area contributed by atoms with E-state index in [-0.39, 0.29) is 0 Å². The predicted molar refractivity (Wildman–Crippen MR) is 65.7 cm³/mol. The van der Waals surface area contributed by atoms with Crippen molar-refractivity contribution in [1.82, 2.24) is 9.97 Å². The number of nitrogens with zero attached hydrogens (tertiary/aromatic N) is 3. The number of hydrogen-bond acceptors (Lipinski definition) is 4. The van der Waals surface area contributed by atoms with E-state index in [0.717, 1.165) is 13.1 Å². The Morgan fingerprint density at radius 2 is 2.12 bits per heavy atom. The van der Waals surface area contributed by atoms with Crippen LogP contribution in [0.15, 0.2) is 12.4 Å². The monoisotopic (exact) mass is 234 g/mol. The van der Waals surface area contributed by atoms with Gasteiger partial charge in [-0.1, -0.05) is 13.8 Å². The summed E-state index contributed by atoms with van der Waals surface area (Å²) < 4.78 is 0. The molecule has 2 rings (SSSR count). The number of anilines is 1. The van der Waals surface area contributed by atoms with E-state index in [1.165, 1.54) is 18.8 Å². The fourth-order valence-electron chi connectivity index (χ4n) is 2.12. The van der Waals surface area contributed by atoms with Crippen LogP contribution in [0.5, 0.6) is 0 Å². The molecule has 0 bridgehead atoms. The van der Waals surface area contributed by atoms with Gasteiger partial charge in [-0.25, -0.2) is 9.97 Å². The number of amides is 1. The van der Waals surface area contributed by atoms with E-state index in [9.17, 15) is 4.79 Å². The first-order chi connectivity index (χ1) is 8.08. The molecule has 1 saturated heterocycles. The highest BCUT2D eigenvalue weighted by Crippen LogP contribution is 2.25. The zero-order valence-corrected chi connectivity index (χ0v) is 10.3. The van der Waals surface area contributed by atoms with Crippen LogP contribution < -0.4 is 10.6 Å². The van der Waals surface area contributed by atoms with Gasteiger partial charge in [0.1, 0.15) is 0 Å². The zero-order chi connectivity index (χ0) is 12.4. The Kier molecular flexibility index (Phi) is 3.26. The Morgan fingerprint density at radius 1 is 1.47 bits per heavy atom. The number of carbonyl (C=O) groups is 1. The van der Waals surface area contributed by atoms with Crippen molar-refractivity contribution in [3.63, 3.8) is 0 Å². The highest BCUT2D eigenvalue weighted by atomic mass is 16.1. The molecule has 0 aromatic carbocycles. The van der Waals surface area contributed by atoms with Crippen LogP contribution in [-0.2, 0) is 0 Å². The van der Waals surface area contributed by atoms with E-state index in [1.807, 2.05) is 0 Å². The summed E-state index contributed by atoms with van der Waals surface area (Å²) in [5.74, 6) is 1.59. The second-order valence-electron chi connectivity index (χ2n) is 4.87. The average Bonchev–Trinajstić information content (AvgIpc) is 2.78. The Morgan fingerprint density at radius 3 is 2.59 bits per heavy atom. The predicted octanol–water partition coefficient (Wildman–Crippen LogP) is 1.06. The molecule has 5 nitrogen and oxygen atoms in total. The van der Waals surface area contributed by atoms with Crippen molar-refractivity contribution in [3.05, 3.63) is 18.0 Å². The molecule has 0 unspecified atom stereocenters. The van der Waals surface area contributed by atoms with Crippen LogP contribution in [0, 0.1) is 11.8 Å². The third-order valence-electron chi connectivity index (χ3n) is 3.37. The fraction of sp³-hybridized carbons (Fsp3) is 0.583. The molecule has 0 saturated carbocycles. The lowest BCUT2D eigenvalue weighted by molar-refractivity contribution is 0.0999. The number of aromatic nitrogens is 2. The first kappa shape index (κ1) is 11.8. The summed E-state index contributed by atoms with van der Waals surface area (Å²) in [5.41, 5.74) is 5.50. The fourth-order valence-corrected chi connectivity index (χ4v) is 2.12.